The molecule has 0 unspecified atom stereocenters. The monoisotopic (exact) mass is 441 g/mol. The van der Waals surface area contributed by atoms with E-state index in [1.165, 1.54) is 11.3 Å². The summed E-state index contributed by atoms with van der Waals surface area (Å²) in [5.74, 6) is 0.519. The largest absolute Gasteiger partial charge is 0.395 e. The Morgan fingerprint density at radius 2 is 2.10 bits per heavy atom. The SMILES string of the molecule is CN(C)c1ncc(CN2CCO[C@@H](c3c(C(=O)NCCO)sc4ccccc34)C2)cn1. The van der Waals surface area contributed by atoms with Gasteiger partial charge < -0.3 is 20.1 Å². The molecule has 4 rings (SSSR count). The van der Waals surface area contributed by atoms with Gasteiger partial charge in [-0.15, -0.1) is 11.3 Å². The minimum atomic E-state index is -0.207. The Bertz CT molecular complexity index is 1040. The zero-order valence-corrected chi connectivity index (χ0v) is 18.6. The van der Waals surface area contributed by atoms with Gasteiger partial charge in [0.2, 0.25) is 5.95 Å². The lowest BCUT2D eigenvalue weighted by atomic mass is 10.0. The summed E-state index contributed by atoms with van der Waals surface area (Å²) in [7, 11) is 3.84. The van der Waals surface area contributed by atoms with Crippen LogP contribution in [0.15, 0.2) is 36.7 Å². The predicted octanol–water partition coefficient (Wildman–Crippen LogP) is 2.05. The first-order chi connectivity index (χ1) is 15.1. The standard InChI is InChI=1S/C22H27N5O3S/c1-26(2)22-24-11-15(12-25-22)13-27-8-10-30-17(14-27)19-16-5-3-4-6-18(16)31-20(19)21(29)23-7-9-28/h3-6,11-12,17,28H,7-10,13-14H2,1-2H3,(H,23,29)/t17-/m1/s1. The van der Waals surface area contributed by atoms with E-state index in [1.54, 1.807) is 0 Å². The van der Waals surface area contributed by atoms with Gasteiger partial charge in [-0.1, -0.05) is 18.2 Å². The molecule has 1 atom stereocenters. The van der Waals surface area contributed by atoms with Gasteiger partial charge in [0.05, 0.1) is 24.2 Å². The van der Waals surface area contributed by atoms with Crippen molar-refractivity contribution in [3.05, 3.63) is 52.7 Å². The summed E-state index contributed by atoms with van der Waals surface area (Å²) >= 11 is 1.47. The van der Waals surface area contributed by atoms with Crippen LogP contribution in [0.1, 0.15) is 26.9 Å². The first kappa shape index (κ1) is 21.6. The highest BCUT2D eigenvalue weighted by Crippen LogP contribution is 2.38. The first-order valence-electron chi connectivity index (χ1n) is 10.3. The molecule has 2 aromatic heterocycles. The number of carbonyl (C=O) groups is 1. The van der Waals surface area contributed by atoms with Gasteiger partial charge in [0.25, 0.3) is 5.91 Å². The van der Waals surface area contributed by atoms with Crippen LogP contribution in [0.3, 0.4) is 0 Å². The quantitative estimate of drug-likeness (QED) is 0.580. The molecule has 3 heterocycles. The number of nitrogens with one attached hydrogen (secondary N) is 1. The summed E-state index contributed by atoms with van der Waals surface area (Å²) in [6.07, 6.45) is 3.52. The normalized spacial score (nSPS) is 17.1. The van der Waals surface area contributed by atoms with Crippen LogP contribution in [0.4, 0.5) is 5.95 Å². The minimum Gasteiger partial charge on any atom is -0.395 e. The molecule has 1 aromatic carbocycles. The van der Waals surface area contributed by atoms with E-state index >= 15 is 0 Å². The molecule has 0 saturated carbocycles. The molecule has 31 heavy (non-hydrogen) atoms. The maximum atomic E-state index is 12.8. The molecule has 9 heteroatoms. The molecule has 1 aliphatic heterocycles. The molecule has 8 nitrogen and oxygen atoms in total. The highest BCUT2D eigenvalue weighted by Gasteiger charge is 2.29. The summed E-state index contributed by atoms with van der Waals surface area (Å²) in [5, 5.41) is 12.9. The Morgan fingerprint density at radius 3 is 2.84 bits per heavy atom. The number of amides is 1. The third-order valence-electron chi connectivity index (χ3n) is 5.21. The summed E-state index contributed by atoms with van der Waals surface area (Å²) in [6.45, 7) is 2.93. The molecular formula is C22H27N5O3S. The van der Waals surface area contributed by atoms with E-state index in [4.69, 9.17) is 9.84 Å². The molecule has 3 aromatic rings. The van der Waals surface area contributed by atoms with E-state index in [2.05, 4.69) is 20.2 Å². The van der Waals surface area contributed by atoms with E-state index in [-0.39, 0.29) is 25.2 Å². The number of thiophene rings is 1. The van der Waals surface area contributed by atoms with Crippen LogP contribution in [0.25, 0.3) is 10.1 Å². The van der Waals surface area contributed by atoms with Gasteiger partial charge in [-0.25, -0.2) is 9.97 Å². The van der Waals surface area contributed by atoms with E-state index in [9.17, 15) is 4.79 Å². The Hall–Kier alpha value is -2.59. The molecule has 0 aliphatic carbocycles. The minimum absolute atomic E-state index is 0.0889. The van der Waals surface area contributed by atoms with Gasteiger partial charge in [0.15, 0.2) is 0 Å². The number of aromatic nitrogens is 2. The Labute approximate surface area is 185 Å². The molecule has 0 radical (unpaired) electrons. The van der Waals surface area contributed by atoms with Crippen molar-refractivity contribution in [1.82, 2.24) is 20.2 Å². The van der Waals surface area contributed by atoms with E-state index in [1.807, 2.05) is 55.7 Å². The van der Waals surface area contributed by atoms with Crippen LogP contribution in [0.5, 0.6) is 0 Å². The van der Waals surface area contributed by atoms with Gasteiger partial charge >= 0.3 is 0 Å². The topological polar surface area (TPSA) is 90.8 Å². The van der Waals surface area contributed by atoms with Gasteiger partial charge in [-0.2, -0.15) is 0 Å². The second-order valence-electron chi connectivity index (χ2n) is 7.70. The van der Waals surface area contributed by atoms with Crippen molar-refractivity contribution < 1.29 is 14.6 Å². The van der Waals surface area contributed by atoms with Crippen molar-refractivity contribution in [1.29, 1.82) is 0 Å². The van der Waals surface area contributed by atoms with E-state index in [0.717, 1.165) is 34.3 Å². The molecule has 1 amide bonds. The Balaban J connectivity index is 1.56. The number of aliphatic hydroxyl groups excluding tert-OH is 1. The number of hydrogen-bond donors (Lipinski definition) is 2. The van der Waals surface area contributed by atoms with Crippen molar-refractivity contribution >= 4 is 33.3 Å². The number of carbonyl (C=O) groups excluding carboxylic acids is 1. The molecule has 1 aliphatic rings. The second-order valence-corrected chi connectivity index (χ2v) is 8.75. The lowest BCUT2D eigenvalue weighted by molar-refractivity contribution is -0.0323. The van der Waals surface area contributed by atoms with Crippen LogP contribution >= 0.6 is 11.3 Å². The number of nitrogens with zero attached hydrogens (tertiary/aromatic N) is 4. The predicted molar refractivity (Wildman–Crippen MR) is 122 cm³/mol. The van der Waals surface area contributed by atoms with Gasteiger partial charge in [-0.05, 0) is 11.5 Å². The van der Waals surface area contributed by atoms with E-state index < -0.39 is 0 Å². The number of rotatable bonds is 7. The van der Waals surface area contributed by atoms with Crippen LogP contribution < -0.4 is 10.2 Å². The number of aliphatic hydroxyl groups is 1. The van der Waals surface area contributed by atoms with Crippen LogP contribution in [-0.2, 0) is 11.3 Å². The van der Waals surface area contributed by atoms with Crippen molar-refractivity contribution in [3.63, 3.8) is 0 Å². The summed E-state index contributed by atoms with van der Waals surface area (Å²) in [5.41, 5.74) is 1.97. The Morgan fingerprint density at radius 1 is 1.32 bits per heavy atom. The highest BCUT2D eigenvalue weighted by atomic mass is 32.1. The molecule has 0 spiro atoms. The zero-order chi connectivity index (χ0) is 21.8. The number of fused-ring (bicyclic) bond motifs is 1. The van der Waals surface area contributed by atoms with Crippen molar-refractivity contribution in [2.45, 2.75) is 12.6 Å². The molecule has 1 saturated heterocycles. The lowest BCUT2D eigenvalue weighted by Gasteiger charge is -2.33. The smallest absolute Gasteiger partial charge is 0.261 e. The third-order valence-corrected chi connectivity index (χ3v) is 6.39. The maximum absolute atomic E-state index is 12.8. The first-order valence-corrected chi connectivity index (χ1v) is 11.1. The molecule has 164 valence electrons. The van der Waals surface area contributed by atoms with Crippen LogP contribution in [0.2, 0.25) is 0 Å². The molecule has 1 fully saturated rings. The van der Waals surface area contributed by atoms with Crippen LogP contribution in [0, 0.1) is 0 Å². The molecule has 0 bridgehead atoms. The van der Waals surface area contributed by atoms with Gasteiger partial charge in [0, 0.05) is 68.5 Å². The zero-order valence-electron chi connectivity index (χ0n) is 17.7. The number of benzene rings is 1. The second kappa shape index (κ2) is 9.69. The third kappa shape index (κ3) is 4.85. The number of hydrogen-bond acceptors (Lipinski definition) is 8. The fourth-order valence-corrected chi connectivity index (χ4v) is 4.91. The van der Waals surface area contributed by atoms with E-state index in [0.29, 0.717) is 24.0 Å². The fourth-order valence-electron chi connectivity index (χ4n) is 3.74. The van der Waals surface area contributed by atoms with Crippen molar-refractivity contribution in [3.8, 4) is 0 Å². The number of ether oxygens (including phenoxy) is 1. The lowest BCUT2D eigenvalue weighted by Crippen LogP contribution is -2.38. The van der Waals surface area contributed by atoms with Gasteiger partial charge in [-0.3, -0.25) is 9.69 Å². The Kier molecular flexibility index (Phi) is 6.77. The number of morpholine rings is 1. The average molecular weight is 442 g/mol. The van der Waals surface area contributed by atoms with Crippen molar-refractivity contribution in [2.75, 3.05) is 51.8 Å². The molecule has 2 N–H and O–H groups in total. The van der Waals surface area contributed by atoms with Crippen molar-refractivity contribution in [2.24, 2.45) is 0 Å². The summed E-state index contributed by atoms with van der Waals surface area (Å²) in [6, 6.07) is 8.03. The summed E-state index contributed by atoms with van der Waals surface area (Å²) < 4.78 is 7.20. The average Bonchev–Trinajstić information content (AvgIpc) is 3.18. The highest BCUT2D eigenvalue weighted by molar-refractivity contribution is 7.21. The molecular weight excluding hydrogens is 414 g/mol. The van der Waals surface area contributed by atoms with Gasteiger partial charge in [0.1, 0.15) is 0 Å². The number of anilines is 1. The maximum Gasteiger partial charge on any atom is 0.261 e. The summed E-state index contributed by atoms with van der Waals surface area (Å²) in [4.78, 5) is 26.4. The fraction of sp³-hybridized carbons (Fsp3) is 0.409. The van der Waals surface area contributed by atoms with Crippen LogP contribution in [-0.4, -0.2) is 72.8 Å².